The number of benzene rings is 1. The Balaban J connectivity index is 1.33. The molecule has 1 atom stereocenters. The molecule has 2 heterocycles. The summed E-state index contributed by atoms with van der Waals surface area (Å²) in [6.45, 7) is 3.47. The van der Waals surface area contributed by atoms with Crippen LogP contribution >= 0.6 is 0 Å². The summed E-state index contributed by atoms with van der Waals surface area (Å²) in [6, 6.07) is 12.1. The van der Waals surface area contributed by atoms with E-state index in [4.69, 9.17) is 0 Å². The molecule has 1 unspecified atom stereocenters. The van der Waals surface area contributed by atoms with Gasteiger partial charge in [0.05, 0.1) is 0 Å². The average Bonchev–Trinajstić information content (AvgIpc) is 3.35. The minimum atomic E-state index is 0.736. The first-order valence-corrected chi connectivity index (χ1v) is 9.60. The van der Waals surface area contributed by atoms with Gasteiger partial charge in [0.2, 0.25) is 0 Å². The van der Waals surface area contributed by atoms with Crippen molar-refractivity contribution in [3.05, 3.63) is 48.3 Å². The number of rotatable bonds is 5. The van der Waals surface area contributed by atoms with Crippen molar-refractivity contribution < 1.29 is 0 Å². The molecule has 0 bridgehead atoms. The highest BCUT2D eigenvalue weighted by Gasteiger charge is 2.30. The van der Waals surface area contributed by atoms with Crippen molar-refractivity contribution in [2.45, 2.75) is 50.7 Å². The molecule has 0 radical (unpaired) electrons. The Morgan fingerprint density at radius 2 is 1.72 bits per heavy atom. The van der Waals surface area contributed by atoms with Gasteiger partial charge in [-0.3, -0.25) is 9.80 Å². The molecule has 25 heavy (non-hydrogen) atoms. The molecule has 2 aliphatic rings. The molecule has 1 aromatic carbocycles. The van der Waals surface area contributed by atoms with E-state index in [0.29, 0.717) is 0 Å². The molecular weight excluding hydrogens is 308 g/mol. The third kappa shape index (κ3) is 3.91. The summed E-state index contributed by atoms with van der Waals surface area (Å²) in [5.41, 5.74) is 2.47. The van der Waals surface area contributed by atoms with E-state index in [1.807, 2.05) is 6.07 Å². The summed E-state index contributed by atoms with van der Waals surface area (Å²) in [5.74, 6) is 0.800. The van der Waals surface area contributed by atoms with Crippen LogP contribution in [-0.2, 0) is 6.54 Å². The number of likely N-dealkylation sites (tertiary alicyclic amines) is 1. The molecule has 1 saturated heterocycles. The first-order valence-electron chi connectivity index (χ1n) is 9.60. The van der Waals surface area contributed by atoms with Crippen molar-refractivity contribution in [3.8, 4) is 11.4 Å². The van der Waals surface area contributed by atoms with Crippen molar-refractivity contribution in [1.29, 1.82) is 0 Å². The average molecular weight is 336 g/mol. The fourth-order valence-corrected chi connectivity index (χ4v) is 4.36. The highest BCUT2D eigenvalue weighted by atomic mass is 15.3. The van der Waals surface area contributed by atoms with Crippen LogP contribution in [0.15, 0.2) is 42.7 Å². The van der Waals surface area contributed by atoms with E-state index in [9.17, 15) is 0 Å². The summed E-state index contributed by atoms with van der Waals surface area (Å²) in [5, 5.41) is 0. The van der Waals surface area contributed by atoms with E-state index in [1.165, 1.54) is 50.8 Å². The lowest BCUT2D eigenvalue weighted by Crippen LogP contribution is -2.40. The van der Waals surface area contributed by atoms with Gasteiger partial charge in [0, 0.05) is 49.7 Å². The number of aromatic nitrogens is 2. The lowest BCUT2D eigenvalue weighted by Gasteiger charge is -2.30. The molecule has 1 aliphatic heterocycles. The lowest BCUT2D eigenvalue weighted by atomic mass is 10.1. The number of hydrogen-bond donors (Lipinski definition) is 0. The summed E-state index contributed by atoms with van der Waals surface area (Å²) >= 11 is 0. The predicted molar refractivity (Wildman–Crippen MR) is 101 cm³/mol. The van der Waals surface area contributed by atoms with Crippen LogP contribution in [0.1, 0.15) is 37.7 Å². The largest absolute Gasteiger partial charge is 0.299 e. The normalized spacial score (nSPS) is 22.1. The second kappa shape index (κ2) is 7.63. The lowest BCUT2D eigenvalue weighted by molar-refractivity contribution is 0.172. The maximum absolute atomic E-state index is 4.32. The van der Waals surface area contributed by atoms with Crippen LogP contribution in [0.4, 0.5) is 0 Å². The Morgan fingerprint density at radius 1 is 1.00 bits per heavy atom. The fourth-order valence-electron chi connectivity index (χ4n) is 4.36. The van der Waals surface area contributed by atoms with Gasteiger partial charge in [0.25, 0.3) is 0 Å². The summed E-state index contributed by atoms with van der Waals surface area (Å²) < 4.78 is 0. The van der Waals surface area contributed by atoms with Crippen LogP contribution in [-0.4, -0.2) is 52.0 Å². The Labute approximate surface area is 150 Å². The van der Waals surface area contributed by atoms with E-state index in [1.54, 1.807) is 12.4 Å². The number of likely N-dealkylation sites (N-methyl/N-ethyl adjacent to an activating group) is 1. The monoisotopic (exact) mass is 336 g/mol. The predicted octanol–water partition coefficient (Wildman–Crippen LogP) is 3.59. The molecule has 1 aliphatic carbocycles. The molecule has 0 amide bonds. The fraction of sp³-hybridized carbons (Fsp3) is 0.524. The van der Waals surface area contributed by atoms with Gasteiger partial charge in [-0.1, -0.05) is 37.1 Å². The first kappa shape index (κ1) is 16.7. The van der Waals surface area contributed by atoms with E-state index >= 15 is 0 Å². The van der Waals surface area contributed by atoms with E-state index < -0.39 is 0 Å². The third-order valence-corrected chi connectivity index (χ3v) is 5.91. The molecule has 0 spiro atoms. The van der Waals surface area contributed by atoms with Crippen LogP contribution < -0.4 is 0 Å². The Hall–Kier alpha value is -1.78. The zero-order chi connectivity index (χ0) is 17.1. The summed E-state index contributed by atoms with van der Waals surface area (Å²) in [4.78, 5) is 13.9. The van der Waals surface area contributed by atoms with Crippen molar-refractivity contribution >= 4 is 0 Å². The SMILES string of the molecule is CN(C1CCCC1)C1CCN(Cc2ccc(-c3ncccn3)cc2)C1. The molecular formula is C21H28N4. The Bertz CT molecular complexity index is 664. The van der Waals surface area contributed by atoms with Crippen molar-refractivity contribution in [3.63, 3.8) is 0 Å². The summed E-state index contributed by atoms with van der Waals surface area (Å²) in [7, 11) is 2.35. The first-order chi connectivity index (χ1) is 12.3. The highest BCUT2D eigenvalue weighted by Crippen LogP contribution is 2.27. The van der Waals surface area contributed by atoms with Crippen LogP contribution in [0.2, 0.25) is 0 Å². The van der Waals surface area contributed by atoms with Gasteiger partial charge in [-0.05, 0) is 37.9 Å². The second-order valence-electron chi connectivity index (χ2n) is 7.55. The van der Waals surface area contributed by atoms with Gasteiger partial charge in [-0.25, -0.2) is 9.97 Å². The van der Waals surface area contributed by atoms with Crippen molar-refractivity contribution in [2.24, 2.45) is 0 Å². The van der Waals surface area contributed by atoms with Crippen molar-refractivity contribution in [1.82, 2.24) is 19.8 Å². The third-order valence-electron chi connectivity index (χ3n) is 5.91. The highest BCUT2D eigenvalue weighted by molar-refractivity contribution is 5.54. The zero-order valence-electron chi connectivity index (χ0n) is 15.1. The van der Waals surface area contributed by atoms with Crippen LogP contribution in [0, 0.1) is 0 Å². The minimum absolute atomic E-state index is 0.736. The molecule has 132 valence electrons. The number of nitrogens with zero attached hydrogens (tertiary/aromatic N) is 4. The molecule has 4 heteroatoms. The smallest absolute Gasteiger partial charge is 0.159 e. The van der Waals surface area contributed by atoms with Crippen LogP contribution in [0.5, 0.6) is 0 Å². The van der Waals surface area contributed by atoms with Gasteiger partial charge in [-0.15, -0.1) is 0 Å². The molecule has 1 saturated carbocycles. The number of hydrogen-bond acceptors (Lipinski definition) is 4. The maximum Gasteiger partial charge on any atom is 0.159 e. The van der Waals surface area contributed by atoms with E-state index in [2.05, 4.69) is 51.1 Å². The van der Waals surface area contributed by atoms with Crippen LogP contribution in [0.3, 0.4) is 0 Å². The quantitative estimate of drug-likeness (QED) is 0.835. The Morgan fingerprint density at radius 3 is 2.44 bits per heavy atom. The van der Waals surface area contributed by atoms with Gasteiger partial charge in [0.1, 0.15) is 0 Å². The maximum atomic E-state index is 4.32. The zero-order valence-corrected chi connectivity index (χ0v) is 15.1. The molecule has 4 rings (SSSR count). The molecule has 2 aromatic rings. The topological polar surface area (TPSA) is 32.3 Å². The van der Waals surface area contributed by atoms with Gasteiger partial charge >= 0.3 is 0 Å². The van der Waals surface area contributed by atoms with E-state index in [0.717, 1.165) is 30.0 Å². The second-order valence-corrected chi connectivity index (χ2v) is 7.55. The molecule has 2 fully saturated rings. The molecule has 4 nitrogen and oxygen atoms in total. The molecule has 1 aromatic heterocycles. The minimum Gasteiger partial charge on any atom is -0.299 e. The standard InChI is InChI=1S/C21H28N4/c1-24(19-5-2-3-6-19)20-11-14-25(16-20)15-17-7-9-18(10-8-17)21-22-12-4-13-23-21/h4,7-10,12-13,19-20H,2-3,5-6,11,14-16H2,1H3. The van der Waals surface area contributed by atoms with E-state index in [-0.39, 0.29) is 0 Å². The van der Waals surface area contributed by atoms with Gasteiger partial charge in [0.15, 0.2) is 5.82 Å². The Kier molecular flexibility index (Phi) is 5.09. The molecule has 0 N–H and O–H groups in total. The van der Waals surface area contributed by atoms with Crippen LogP contribution in [0.25, 0.3) is 11.4 Å². The van der Waals surface area contributed by atoms with Gasteiger partial charge < -0.3 is 0 Å². The van der Waals surface area contributed by atoms with Gasteiger partial charge in [-0.2, -0.15) is 0 Å². The van der Waals surface area contributed by atoms with Crippen molar-refractivity contribution in [2.75, 3.05) is 20.1 Å². The summed E-state index contributed by atoms with van der Waals surface area (Å²) in [6.07, 6.45) is 10.5.